The number of aliphatic carboxylic acids is 1. The zero-order chi connectivity index (χ0) is 21.9. The molecule has 0 bridgehead atoms. The summed E-state index contributed by atoms with van der Waals surface area (Å²) in [7, 11) is -3.36. The van der Waals surface area contributed by atoms with Gasteiger partial charge in [-0.25, -0.2) is 12.8 Å². The van der Waals surface area contributed by atoms with E-state index in [1.54, 1.807) is 0 Å². The molecule has 0 aliphatic carbocycles. The van der Waals surface area contributed by atoms with Gasteiger partial charge < -0.3 is 15.5 Å². The number of unbranched alkanes of at least 4 members (excludes halogenated alkanes) is 1. The maximum atomic E-state index is 12.9. The lowest BCUT2D eigenvalue weighted by Crippen LogP contribution is -2.43. The average Bonchev–Trinajstić information content (AvgIpc) is 2.63. The highest BCUT2D eigenvalue weighted by Crippen LogP contribution is 2.20. The van der Waals surface area contributed by atoms with Crippen molar-refractivity contribution in [3.8, 4) is 0 Å². The third-order valence-electron chi connectivity index (χ3n) is 3.47. The van der Waals surface area contributed by atoms with Crippen molar-refractivity contribution >= 4 is 44.9 Å². The minimum absolute atomic E-state index is 0.0702. The summed E-state index contributed by atoms with van der Waals surface area (Å²) >= 11 is 10.7. The maximum Gasteiger partial charge on any atom is 0.303 e. The Morgan fingerprint density at radius 1 is 1.21 bits per heavy atom. The molecular weight excluding hydrogens is 436 g/mol. The van der Waals surface area contributed by atoms with Crippen LogP contribution >= 0.6 is 23.2 Å². The van der Waals surface area contributed by atoms with Gasteiger partial charge in [-0.2, -0.15) is 0 Å². The molecule has 0 fully saturated rings. The van der Waals surface area contributed by atoms with Crippen LogP contribution in [0.25, 0.3) is 0 Å². The fraction of sp³-hybridized carbons (Fsp3) is 0.529. The van der Waals surface area contributed by atoms with Gasteiger partial charge in [-0.1, -0.05) is 48.7 Å². The van der Waals surface area contributed by atoms with Crippen LogP contribution in [0, 0.1) is 0 Å². The highest BCUT2D eigenvalue weighted by molar-refractivity contribution is 7.90. The molecule has 1 aromatic carbocycles. The van der Waals surface area contributed by atoms with Crippen molar-refractivity contribution < 1.29 is 32.6 Å². The second-order valence-corrected chi connectivity index (χ2v) is 8.97. The van der Waals surface area contributed by atoms with E-state index in [0.717, 1.165) is 19.1 Å². The molecule has 0 radical (unpaired) electrons. The van der Waals surface area contributed by atoms with E-state index in [0.29, 0.717) is 6.42 Å². The van der Waals surface area contributed by atoms with Crippen LogP contribution in [-0.2, 0) is 19.4 Å². The Morgan fingerprint density at radius 3 is 2.07 bits per heavy atom. The lowest BCUT2D eigenvalue weighted by molar-refractivity contribution is -0.137. The molecular formula is C17H24Cl2FNO6S. The molecule has 0 heterocycles. The lowest BCUT2D eigenvalue weighted by Gasteiger charge is -2.22. The van der Waals surface area contributed by atoms with E-state index in [9.17, 15) is 27.5 Å². The van der Waals surface area contributed by atoms with Crippen LogP contribution in [0.5, 0.6) is 0 Å². The molecule has 160 valence electrons. The molecule has 3 N–H and O–H groups in total. The van der Waals surface area contributed by atoms with Gasteiger partial charge in [-0.3, -0.25) is 9.59 Å². The van der Waals surface area contributed by atoms with Crippen LogP contribution in [0.1, 0.15) is 37.9 Å². The van der Waals surface area contributed by atoms with E-state index in [4.69, 9.17) is 28.3 Å². The molecule has 0 unspecified atom stereocenters. The summed E-state index contributed by atoms with van der Waals surface area (Å²) in [6.07, 6.45) is 1.77. The predicted molar refractivity (Wildman–Crippen MR) is 105 cm³/mol. The fourth-order valence-electron chi connectivity index (χ4n) is 1.92. The van der Waals surface area contributed by atoms with E-state index in [1.807, 2.05) is 6.92 Å². The first kappa shape index (κ1) is 26.6. The summed E-state index contributed by atoms with van der Waals surface area (Å²) in [4.78, 5) is 19.8. The number of amides is 1. The Hall–Kier alpha value is -1.42. The number of carbonyl (C=O) groups is 2. The number of benzene rings is 1. The monoisotopic (exact) mass is 459 g/mol. The van der Waals surface area contributed by atoms with Gasteiger partial charge in [-0.05, 0) is 24.1 Å². The number of carbonyl (C=O) groups excluding carboxylic acids is 1. The molecule has 0 saturated carbocycles. The summed E-state index contributed by atoms with van der Waals surface area (Å²) in [6.45, 7) is 0.935. The van der Waals surface area contributed by atoms with Gasteiger partial charge in [0.1, 0.15) is 12.8 Å². The first-order valence-corrected chi connectivity index (χ1v) is 11.0. The van der Waals surface area contributed by atoms with Crippen LogP contribution in [0.4, 0.5) is 4.39 Å². The molecule has 0 spiro atoms. The second-order valence-electron chi connectivity index (χ2n) is 5.85. The number of halogens is 3. The molecule has 7 nitrogen and oxygen atoms in total. The first-order valence-electron chi connectivity index (χ1n) is 8.28. The maximum absolute atomic E-state index is 12.9. The van der Waals surface area contributed by atoms with Crippen molar-refractivity contribution in [1.29, 1.82) is 0 Å². The molecule has 0 aliphatic heterocycles. The summed E-state index contributed by atoms with van der Waals surface area (Å²) < 4.78 is 35.6. The molecule has 11 heteroatoms. The van der Waals surface area contributed by atoms with Crippen LogP contribution in [0.2, 0.25) is 0 Å². The zero-order valence-corrected chi connectivity index (χ0v) is 17.8. The Kier molecular flexibility index (Phi) is 12.3. The number of nitrogens with one attached hydrogen (secondary N) is 1. The highest BCUT2D eigenvalue weighted by atomic mass is 35.5. The smallest absolute Gasteiger partial charge is 0.303 e. The Labute approximate surface area is 173 Å². The molecule has 1 amide bonds. The molecule has 1 aromatic rings. The number of aliphatic hydroxyl groups excluding tert-OH is 1. The predicted octanol–water partition coefficient (Wildman–Crippen LogP) is 2.64. The standard InChI is InChI=1S/C12H14Cl2FNO4S.C5H10O2/c1-21(19,20)8-4-2-7(3-5-8)10(17)9(6-15)16-12(18)11(13)14;1-2-3-4-5(6)7/h2-5,9-11,17H,6H2,1H3,(H,16,18);2-4H2,1H3,(H,6,7)/t9-,10-;/m1./s1. The normalized spacial score (nSPS) is 13.2. The average molecular weight is 460 g/mol. The van der Waals surface area contributed by atoms with Gasteiger partial charge in [0.15, 0.2) is 14.7 Å². The van der Waals surface area contributed by atoms with Gasteiger partial charge in [0.25, 0.3) is 5.91 Å². The van der Waals surface area contributed by atoms with E-state index < -0.39 is 45.4 Å². The number of sulfone groups is 1. The largest absolute Gasteiger partial charge is 0.481 e. The number of carboxylic acid groups (broad SMARTS) is 1. The quantitative estimate of drug-likeness (QED) is 0.488. The summed E-state index contributed by atoms with van der Waals surface area (Å²) in [5.41, 5.74) is 0.256. The Bertz CT molecular complexity index is 728. The van der Waals surface area contributed by atoms with Gasteiger partial charge in [0, 0.05) is 12.7 Å². The van der Waals surface area contributed by atoms with Crippen LogP contribution in [0.15, 0.2) is 29.2 Å². The van der Waals surface area contributed by atoms with Gasteiger partial charge in [0.05, 0.1) is 10.9 Å². The SMILES string of the molecule is CCCCC(=O)O.CS(=O)(=O)c1ccc([C@@H](O)[C@@H](CF)NC(=O)C(Cl)Cl)cc1. The molecule has 1 rings (SSSR count). The fourth-order valence-corrected chi connectivity index (χ4v) is 2.68. The lowest BCUT2D eigenvalue weighted by atomic mass is 10.0. The summed E-state index contributed by atoms with van der Waals surface area (Å²) in [5, 5.41) is 20.2. The minimum atomic E-state index is -3.36. The van der Waals surface area contributed by atoms with Crippen LogP contribution < -0.4 is 5.32 Å². The summed E-state index contributed by atoms with van der Waals surface area (Å²) in [6, 6.07) is 4.03. The van der Waals surface area contributed by atoms with E-state index >= 15 is 0 Å². The first-order chi connectivity index (χ1) is 12.9. The van der Waals surface area contributed by atoms with E-state index in [1.165, 1.54) is 24.3 Å². The Balaban J connectivity index is 0.000000887. The topological polar surface area (TPSA) is 121 Å². The molecule has 2 atom stereocenters. The van der Waals surface area contributed by atoms with Crippen molar-refractivity contribution in [1.82, 2.24) is 5.32 Å². The van der Waals surface area contributed by atoms with Crippen molar-refractivity contribution in [2.24, 2.45) is 0 Å². The number of aliphatic hydroxyl groups is 1. The molecule has 28 heavy (non-hydrogen) atoms. The minimum Gasteiger partial charge on any atom is -0.481 e. The number of alkyl halides is 3. The third kappa shape index (κ3) is 10.2. The number of carboxylic acids is 1. The zero-order valence-electron chi connectivity index (χ0n) is 15.4. The van der Waals surface area contributed by atoms with Crippen LogP contribution in [0.3, 0.4) is 0 Å². The second kappa shape index (κ2) is 12.9. The van der Waals surface area contributed by atoms with Gasteiger partial charge in [-0.15, -0.1) is 0 Å². The van der Waals surface area contributed by atoms with Crippen molar-refractivity contribution in [3.05, 3.63) is 29.8 Å². The van der Waals surface area contributed by atoms with Crippen LogP contribution in [-0.4, -0.2) is 54.3 Å². The highest BCUT2D eigenvalue weighted by Gasteiger charge is 2.25. The molecule has 0 saturated heterocycles. The number of rotatable bonds is 9. The number of hydrogen-bond donors (Lipinski definition) is 3. The van der Waals surface area contributed by atoms with Gasteiger partial charge >= 0.3 is 5.97 Å². The van der Waals surface area contributed by atoms with Crippen molar-refractivity contribution in [2.45, 2.75) is 48.1 Å². The molecule has 0 aromatic heterocycles. The van der Waals surface area contributed by atoms with E-state index in [-0.39, 0.29) is 10.5 Å². The Morgan fingerprint density at radius 2 is 1.75 bits per heavy atom. The molecule has 0 aliphatic rings. The number of hydrogen-bond acceptors (Lipinski definition) is 5. The van der Waals surface area contributed by atoms with Crippen molar-refractivity contribution in [3.63, 3.8) is 0 Å². The van der Waals surface area contributed by atoms with Crippen molar-refractivity contribution in [2.75, 3.05) is 12.9 Å². The third-order valence-corrected chi connectivity index (χ3v) is 4.99. The van der Waals surface area contributed by atoms with Gasteiger partial charge in [0.2, 0.25) is 0 Å². The van der Waals surface area contributed by atoms with E-state index in [2.05, 4.69) is 5.32 Å². The summed E-state index contributed by atoms with van der Waals surface area (Å²) in [5.74, 6) is -1.52.